The summed E-state index contributed by atoms with van der Waals surface area (Å²) >= 11 is 1.44. The van der Waals surface area contributed by atoms with Crippen LogP contribution in [0, 0.1) is 11.3 Å². The summed E-state index contributed by atoms with van der Waals surface area (Å²) in [4.78, 5) is 74.9. The molecule has 3 heterocycles. The van der Waals surface area contributed by atoms with E-state index in [1.165, 1.54) is 22.3 Å². The first kappa shape index (κ1) is 37.6. The topological polar surface area (TPSA) is 191 Å². The SMILES string of the molecule is C=C[C@@H]1C[C@]1(C=NC(=O)[C@@H]1C[C@@H](Oc2cc(-c3cscn3)[nH+]c3cc(OC)ccc23)CN1C(=O)[C@@H](NC(=O)OC1CCCC1)C(C)(C)C)P(=O)(O)O. The van der Waals surface area contributed by atoms with Crippen LogP contribution in [0.2, 0.25) is 0 Å². The first-order chi connectivity index (χ1) is 24.6. The number of likely N-dealkylation sites (tertiary alicyclic amines) is 1. The van der Waals surface area contributed by atoms with Crippen molar-refractivity contribution < 1.29 is 47.9 Å². The van der Waals surface area contributed by atoms with Crippen molar-refractivity contribution in [2.75, 3.05) is 13.7 Å². The van der Waals surface area contributed by atoms with Gasteiger partial charge in [-0.05, 0) is 49.7 Å². The third-order valence-corrected chi connectivity index (χ3v) is 12.4. The van der Waals surface area contributed by atoms with E-state index in [-0.39, 0.29) is 25.5 Å². The molecule has 1 aromatic carbocycles. The van der Waals surface area contributed by atoms with E-state index in [4.69, 9.17) is 14.2 Å². The summed E-state index contributed by atoms with van der Waals surface area (Å²) in [5.74, 6) is -0.736. The van der Waals surface area contributed by atoms with Crippen molar-refractivity contribution in [2.24, 2.45) is 16.3 Å². The highest BCUT2D eigenvalue weighted by molar-refractivity contribution is 7.55. The van der Waals surface area contributed by atoms with Crippen LogP contribution in [0.5, 0.6) is 11.5 Å². The number of methoxy groups -OCH3 is 1. The molecule has 2 aliphatic carbocycles. The molecule has 3 amide bonds. The predicted molar refractivity (Wildman–Crippen MR) is 194 cm³/mol. The Hall–Kier alpha value is -4.17. The number of aromatic nitrogens is 2. The molecule has 2 aromatic heterocycles. The van der Waals surface area contributed by atoms with Crippen LogP contribution >= 0.6 is 18.9 Å². The van der Waals surface area contributed by atoms with Crippen LogP contribution < -0.4 is 19.8 Å². The number of alkyl carbamates (subject to hydrolysis) is 1. The highest BCUT2D eigenvalue weighted by Gasteiger charge is 2.64. The summed E-state index contributed by atoms with van der Waals surface area (Å²) in [5.41, 5.74) is 3.02. The maximum absolute atomic E-state index is 14.5. The molecule has 2 saturated carbocycles. The van der Waals surface area contributed by atoms with E-state index < -0.39 is 60.2 Å². The lowest BCUT2D eigenvalue weighted by molar-refractivity contribution is -0.331. The van der Waals surface area contributed by atoms with Gasteiger partial charge in [-0.3, -0.25) is 14.2 Å². The van der Waals surface area contributed by atoms with Crippen LogP contribution in [-0.4, -0.2) is 86.9 Å². The maximum Gasteiger partial charge on any atom is 0.408 e. The number of hydrogen-bond donors (Lipinski definition) is 3. The minimum Gasteiger partial charge on any atom is -0.497 e. The second-order valence-corrected chi connectivity index (χ2v) is 17.4. The van der Waals surface area contributed by atoms with Crippen LogP contribution in [0.15, 0.2) is 52.8 Å². The zero-order valence-electron chi connectivity index (χ0n) is 29.6. The Labute approximate surface area is 305 Å². The zero-order valence-corrected chi connectivity index (χ0v) is 31.3. The van der Waals surface area contributed by atoms with Gasteiger partial charge in [0, 0.05) is 23.9 Å². The number of thiazole rings is 1. The second-order valence-electron chi connectivity index (χ2n) is 14.7. The van der Waals surface area contributed by atoms with Crippen molar-refractivity contribution in [2.45, 2.75) is 88.7 Å². The summed E-state index contributed by atoms with van der Waals surface area (Å²) in [6.07, 6.45) is 4.39. The number of carbonyl (C=O) groups is 3. The molecule has 4 N–H and O–H groups in total. The lowest BCUT2D eigenvalue weighted by Crippen LogP contribution is -2.57. The quantitative estimate of drug-likeness (QED) is 0.137. The van der Waals surface area contributed by atoms with Crippen molar-refractivity contribution in [3.05, 3.63) is 47.8 Å². The molecule has 16 heteroatoms. The van der Waals surface area contributed by atoms with Gasteiger partial charge in [0.25, 0.3) is 5.91 Å². The summed E-state index contributed by atoms with van der Waals surface area (Å²) < 4.78 is 30.1. The van der Waals surface area contributed by atoms with Gasteiger partial charge in [0.1, 0.15) is 46.6 Å². The summed E-state index contributed by atoms with van der Waals surface area (Å²) in [6, 6.07) is 5.06. The van der Waals surface area contributed by atoms with Crippen LogP contribution in [0.25, 0.3) is 22.3 Å². The standard InChI is InChI=1S/C36H44N5O9PS/c1-6-21-16-36(21,51(45,46)47)19-37-32(42)29-14-24(17-41(29)33(43)31(35(2,3)4)40-34(44)50-22-9-7-8-10-22)49-30-15-27(28-18-52-20-38-28)39-26-13-23(48-5)11-12-25(26)30/h6,11-13,15,18-22,24,29,31H,1,7-10,14,16-17H2,2-5H3,(H,40,44)(H2,45,46,47)/p+1/t21-,24-,29+,31-,36-/m1/s1. The molecule has 1 saturated heterocycles. The van der Waals surface area contributed by atoms with Gasteiger partial charge in [0.05, 0.1) is 36.7 Å². The number of hydrogen-bond acceptors (Lipinski definition) is 9. The lowest BCUT2D eigenvalue weighted by atomic mass is 9.85. The second kappa shape index (κ2) is 14.7. The number of aromatic amines is 1. The normalized spacial score (nSPS) is 24.2. The van der Waals surface area contributed by atoms with Crippen LogP contribution in [0.3, 0.4) is 0 Å². The van der Waals surface area contributed by atoms with Gasteiger partial charge in [-0.25, -0.2) is 19.8 Å². The number of aliphatic imine (C=N–C) groups is 1. The molecule has 3 aliphatic rings. The first-order valence-corrected chi connectivity index (χ1v) is 19.8. The zero-order chi connectivity index (χ0) is 37.4. The molecule has 5 atom stereocenters. The Kier molecular flexibility index (Phi) is 10.6. The fraction of sp³-hybridized carbons (Fsp3) is 0.500. The lowest BCUT2D eigenvalue weighted by Gasteiger charge is -2.35. The number of nitrogens with zero attached hydrogens (tertiary/aromatic N) is 3. The summed E-state index contributed by atoms with van der Waals surface area (Å²) in [5, 5.41) is 3.75. The van der Waals surface area contributed by atoms with E-state index in [1.54, 1.807) is 39.5 Å². The molecule has 6 rings (SSSR count). The fourth-order valence-electron chi connectivity index (χ4n) is 7.00. The van der Waals surface area contributed by atoms with Gasteiger partial charge in [-0.2, -0.15) is 0 Å². The molecule has 52 heavy (non-hydrogen) atoms. The van der Waals surface area contributed by atoms with Crippen molar-refractivity contribution >= 4 is 54.0 Å². The Bertz CT molecular complexity index is 1920. The van der Waals surface area contributed by atoms with E-state index in [9.17, 15) is 28.7 Å². The maximum atomic E-state index is 14.5. The Morgan fingerprint density at radius 2 is 1.96 bits per heavy atom. The molecule has 0 spiro atoms. The number of H-pyrrole nitrogens is 1. The molecule has 0 unspecified atom stereocenters. The first-order valence-electron chi connectivity index (χ1n) is 17.3. The van der Waals surface area contributed by atoms with E-state index in [0.29, 0.717) is 28.4 Å². The smallest absolute Gasteiger partial charge is 0.408 e. The molecule has 3 aromatic rings. The molecule has 0 bridgehead atoms. The van der Waals surface area contributed by atoms with Crippen molar-refractivity contribution in [1.82, 2.24) is 15.2 Å². The number of carbonyl (C=O) groups excluding carboxylic acids is 3. The van der Waals surface area contributed by atoms with Crippen LogP contribution in [0.1, 0.15) is 59.3 Å². The largest absolute Gasteiger partial charge is 0.497 e. The van der Waals surface area contributed by atoms with Crippen molar-refractivity contribution in [1.29, 1.82) is 0 Å². The van der Waals surface area contributed by atoms with Gasteiger partial charge >= 0.3 is 13.7 Å². The highest BCUT2D eigenvalue weighted by Crippen LogP contribution is 2.67. The molecule has 0 radical (unpaired) electrons. The van der Waals surface area contributed by atoms with Crippen LogP contribution in [0.4, 0.5) is 4.79 Å². The summed E-state index contributed by atoms with van der Waals surface area (Å²) in [7, 11) is -3.11. The molecule has 278 valence electrons. The molecule has 1 aliphatic heterocycles. The van der Waals surface area contributed by atoms with E-state index in [2.05, 4.69) is 26.9 Å². The van der Waals surface area contributed by atoms with Crippen LogP contribution in [-0.2, 0) is 18.9 Å². The number of benzene rings is 1. The molecular formula is C36H45N5O9PS+. The van der Waals surface area contributed by atoms with Gasteiger partial charge in [-0.1, -0.05) is 26.8 Å². The predicted octanol–water partition coefficient (Wildman–Crippen LogP) is 4.94. The third kappa shape index (κ3) is 7.78. The van der Waals surface area contributed by atoms with Crippen molar-refractivity contribution in [3.8, 4) is 22.9 Å². The monoisotopic (exact) mass is 754 g/mol. The number of allylic oxidation sites excluding steroid dienone is 1. The van der Waals surface area contributed by atoms with E-state index in [1.807, 2.05) is 23.6 Å². The summed E-state index contributed by atoms with van der Waals surface area (Å²) in [6.45, 7) is 9.04. The van der Waals surface area contributed by atoms with Gasteiger partial charge in [-0.15, -0.1) is 17.9 Å². The number of ether oxygens (including phenoxy) is 3. The van der Waals surface area contributed by atoms with Gasteiger partial charge in [0.15, 0.2) is 0 Å². The Morgan fingerprint density at radius 3 is 2.58 bits per heavy atom. The average molecular weight is 755 g/mol. The number of nitrogens with one attached hydrogen (secondary N) is 2. The molecule has 3 fully saturated rings. The average Bonchev–Trinajstić information content (AvgIpc) is 3.54. The molecular weight excluding hydrogens is 709 g/mol. The number of rotatable bonds is 11. The Balaban J connectivity index is 1.32. The minimum atomic E-state index is -4.69. The van der Waals surface area contributed by atoms with Crippen molar-refractivity contribution in [3.63, 3.8) is 0 Å². The minimum absolute atomic E-state index is 0.0292. The number of fused-ring (bicyclic) bond motifs is 1. The van der Waals surface area contributed by atoms with Gasteiger partial charge < -0.3 is 34.2 Å². The fourth-order valence-corrected chi connectivity index (χ4v) is 8.74. The van der Waals surface area contributed by atoms with E-state index in [0.717, 1.165) is 37.3 Å². The number of pyridine rings is 1. The highest BCUT2D eigenvalue weighted by atomic mass is 32.1. The molecule has 14 nitrogen and oxygen atoms in total. The Morgan fingerprint density at radius 1 is 1.21 bits per heavy atom. The number of amides is 3. The third-order valence-electron chi connectivity index (χ3n) is 10.1. The van der Waals surface area contributed by atoms with Gasteiger partial charge in [0.2, 0.25) is 17.1 Å². The van der Waals surface area contributed by atoms with E-state index >= 15 is 0 Å².